The van der Waals surface area contributed by atoms with Crippen LogP contribution in [0.5, 0.6) is 0 Å². The van der Waals surface area contributed by atoms with E-state index >= 15 is 0 Å². The third-order valence-corrected chi connectivity index (χ3v) is 6.79. The smallest absolute Gasteiger partial charge is 0.394 e. The molecule has 15 atom stereocenters. The molecular formula is C18H33O19P. The van der Waals surface area contributed by atoms with Crippen molar-refractivity contribution in [1.82, 2.24) is 0 Å². The zero-order valence-electron chi connectivity index (χ0n) is 19.5. The molecule has 3 aliphatic rings. The van der Waals surface area contributed by atoms with Gasteiger partial charge in [-0.2, -0.15) is 0 Å². The number of ether oxygens (including phenoxy) is 5. The van der Waals surface area contributed by atoms with Crippen LogP contribution in [0.1, 0.15) is 0 Å². The largest absolute Gasteiger partial charge is 0.469 e. The van der Waals surface area contributed by atoms with Crippen LogP contribution in [0.15, 0.2) is 0 Å². The van der Waals surface area contributed by atoms with Gasteiger partial charge in [0.1, 0.15) is 73.2 Å². The molecule has 0 aliphatic carbocycles. The van der Waals surface area contributed by atoms with Gasteiger partial charge < -0.3 is 84.5 Å². The van der Waals surface area contributed by atoms with Crippen molar-refractivity contribution in [3.05, 3.63) is 0 Å². The number of hydrogen-bond acceptors (Lipinski definition) is 17. The van der Waals surface area contributed by atoms with E-state index in [9.17, 15) is 55.6 Å². The monoisotopic (exact) mass is 584 g/mol. The van der Waals surface area contributed by atoms with Gasteiger partial charge in [-0.3, -0.25) is 4.52 Å². The fourth-order valence-electron chi connectivity index (χ4n) is 4.10. The number of aliphatic hydroxyl groups excluding tert-OH is 10. The summed E-state index contributed by atoms with van der Waals surface area (Å²) in [6.45, 7) is -2.42. The van der Waals surface area contributed by atoms with E-state index in [1.54, 1.807) is 0 Å². The second-order valence-electron chi connectivity index (χ2n) is 8.98. The van der Waals surface area contributed by atoms with Crippen molar-refractivity contribution in [2.75, 3.05) is 19.8 Å². The summed E-state index contributed by atoms with van der Waals surface area (Å²) in [4.78, 5) is 17.7. The standard InChI is InChI=1S/C18H33O19P/c19-1-4-9(22)15(14(27)16(28)34-4)37-18-13(26)11(24)7(20)5(36-18)2-32-17-12(25)10(23)8(21)6(35-17)3-33-38(29,30)31/h4-28H,1-3H2,(H2,29,30,31)/t4-,5-,6-,7+,8-,9-,10+,11+,12-,13-,14-,15+,16?,17-,18-/m1/s1. The lowest BCUT2D eigenvalue weighted by molar-refractivity contribution is -0.362. The predicted octanol–water partition coefficient (Wildman–Crippen LogP) is -7.46. The van der Waals surface area contributed by atoms with Crippen molar-refractivity contribution in [3.8, 4) is 0 Å². The van der Waals surface area contributed by atoms with Gasteiger partial charge in [-0.15, -0.1) is 0 Å². The lowest BCUT2D eigenvalue weighted by atomic mass is 9.97. The Morgan fingerprint density at radius 3 is 1.68 bits per heavy atom. The van der Waals surface area contributed by atoms with Gasteiger partial charge in [0.2, 0.25) is 0 Å². The highest BCUT2D eigenvalue weighted by molar-refractivity contribution is 7.46. The number of phosphoric ester groups is 1. The fourth-order valence-corrected chi connectivity index (χ4v) is 4.44. The Morgan fingerprint density at radius 1 is 0.605 bits per heavy atom. The van der Waals surface area contributed by atoms with E-state index in [0.29, 0.717) is 0 Å². The van der Waals surface area contributed by atoms with E-state index < -0.39 is 120 Å². The SMILES string of the molecule is O=P(O)(O)OC[C@H]1O[C@@H](OC[C@H]2O[C@H](O[C@H]3[C@H](O)[C@@H](CO)OC(O)[C@@H]3O)[C@H](O)[C@@H](O)[C@H]2O)[C@H](O)[C@@H](O)[C@@H]1O. The molecule has 0 bridgehead atoms. The molecule has 3 fully saturated rings. The van der Waals surface area contributed by atoms with Gasteiger partial charge in [0.15, 0.2) is 18.9 Å². The first-order chi connectivity index (χ1) is 17.7. The van der Waals surface area contributed by atoms with E-state index in [4.69, 9.17) is 33.5 Å². The lowest BCUT2D eigenvalue weighted by Crippen LogP contribution is -2.65. The van der Waals surface area contributed by atoms with Crippen molar-refractivity contribution >= 4 is 7.82 Å². The van der Waals surface area contributed by atoms with Crippen molar-refractivity contribution in [1.29, 1.82) is 0 Å². The van der Waals surface area contributed by atoms with Gasteiger partial charge >= 0.3 is 7.82 Å². The predicted molar refractivity (Wildman–Crippen MR) is 112 cm³/mol. The van der Waals surface area contributed by atoms with Crippen molar-refractivity contribution in [2.45, 2.75) is 92.1 Å². The molecule has 224 valence electrons. The van der Waals surface area contributed by atoms with Crippen LogP contribution in [0, 0.1) is 0 Å². The molecule has 3 rings (SSSR count). The van der Waals surface area contributed by atoms with Gasteiger partial charge in [0, 0.05) is 0 Å². The number of aliphatic hydroxyl groups is 10. The average molecular weight is 584 g/mol. The van der Waals surface area contributed by atoms with Crippen LogP contribution >= 0.6 is 7.82 Å². The van der Waals surface area contributed by atoms with Crippen LogP contribution in [-0.2, 0) is 32.8 Å². The average Bonchev–Trinajstić information content (AvgIpc) is 2.86. The highest BCUT2D eigenvalue weighted by Gasteiger charge is 2.51. The highest BCUT2D eigenvalue weighted by Crippen LogP contribution is 2.37. The van der Waals surface area contributed by atoms with Gasteiger partial charge in [-0.05, 0) is 0 Å². The Morgan fingerprint density at radius 2 is 1.13 bits per heavy atom. The van der Waals surface area contributed by atoms with Crippen LogP contribution < -0.4 is 0 Å². The molecule has 0 saturated carbocycles. The first-order valence-electron chi connectivity index (χ1n) is 11.3. The van der Waals surface area contributed by atoms with Crippen LogP contribution in [0.2, 0.25) is 0 Å². The first-order valence-corrected chi connectivity index (χ1v) is 12.9. The normalized spacial score (nSPS) is 48.7. The summed E-state index contributed by atoms with van der Waals surface area (Å²) < 4.78 is 41.2. The van der Waals surface area contributed by atoms with Crippen molar-refractivity contribution < 1.29 is 93.6 Å². The molecule has 0 spiro atoms. The van der Waals surface area contributed by atoms with Crippen LogP contribution in [-0.4, -0.2) is 173 Å². The van der Waals surface area contributed by atoms with Crippen LogP contribution in [0.3, 0.4) is 0 Å². The van der Waals surface area contributed by atoms with Gasteiger partial charge in [0.05, 0.1) is 19.8 Å². The Kier molecular flexibility index (Phi) is 11.0. The minimum absolute atomic E-state index is 0.734. The molecule has 3 saturated heterocycles. The van der Waals surface area contributed by atoms with Crippen LogP contribution in [0.4, 0.5) is 0 Å². The third kappa shape index (κ3) is 7.22. The summed E-state index contributed by atoms with van der Waals surface area (Å²) in [5.74, 6) is 0. The zero-order chi connectivity index (χ0) is 28.5. The highest BCUT2D eigenvalue weighted by atomic mass is 31.2. The molecule has 0 aromatic rings. The summed E-state index contributed by atoms with van der Waals surface area (Å²) in [7, 11) is -4.98. The maximum absolute atomic E-state index is 10.9. The Bertz CT molecular complexity index is 800. The van der Waals surface area contributed by atoms with Crippen molar-refractivity contribution in [2.24, 2.45) is 0 Å². The molecule has 0 aromatic heterocycles. The van der Waals surface area contributed by atoms with Gasteiger partial charge in [-0.25, -0.2) is 4.57 Å². The molecule has 38 heavy (non-hydrogen) atoms. The summed E-state index contributed by atoms with van der Waals surface area (Å²) in [6, 6.07) is 0. The minimum atomic E-state index is -4.98. The fraction of sp³-hybridized carbons (Fsp3) is 1.00. The molecule has 1 unspecified atom stereocenters. The van der Waals surface area contributed by atoms with E-state index in [1.165, 1.54) is 0 Å². The summed E-state index contributed by atoms with van der Waals surface area (Å²) in [5.41, 5.74) is 0. The van der Waals surface area contributed by atoms with E-state index in [1.807, 2.05) is 0 Å². The first kappa shape index (κ1) is 32.0. The lowest BCUT2D eigenvalue weighted by Gasteiger charge is -2.45. The summed E-state index contributed by atoms with van der Waals surface area (Å²) >= 11 is 0. The molecule has 0 aromatic carbocycles. The number of hydrogen-bond donors (Lipinski definition) is 12. The maximum atomic E-state index is 10.9. The molecular weight excluding hydrogens is 551 g/mol. The number of rotatable bonds is 9. The van der Waals surface area contributed by atoms with Gasteiger partial charge in [0.25, 0.3) is 0 Å². The molecule has 12 N–H and O–H groups in total. The van der Waals surface area contributed by atoms with Gasteiger partial charge in [-0.1, -0.05) is 0 Å². The molecule has 3 aliphatic heterocycles. The molecule has 19 nitrogen and oxygen atoms in total. The topological polar surface area (TPSA) is 315 Å². The van der Waals surface area contributed by atoms with Crippen molar-refractivity contribution in [3.63, 3.8) is 0 Å². The quantitative estimate of drug-likeness (QED) is 0.112. The minimum Gasteiger partial charge on any atom is -0.394 e. The second-order valence-corrected chi connectivity index (χ2v) is 10.2. The zero-order valence-corrected chi connectivity index (χ0v) is 20.3. The summed E-state index contributed by atoms with van der Waals surface area (Å²) in [6.07, 6.45) is -26.7. The molecule has 0 amide bonds. The molecule has 3 heterocycles. The molecule has 20 heteroatoms. The Balaban J connectivity index is 1.66. The maximum Gasteiger partial charge on any atom is 0.469 e. The third-order valence-electron chi connectivity index (χ3n) is 6.30. The summed E-state index contributed by atoms with van der Waals surface area (Å²) in [5, 5.41) is 101. The number of phosphoric acid groups is 1. The van der Waals surface area contributed by atoms with E-state index in [-0.39, 0.29) is 0 Å². The Labute approximate surface area is 214 Å². The molecule has 0 radical (unpaired) electrons. The van der Waals surface area contributed by atoms with E-state index in [0.717, 1.165) is 0 Å². The van der Waals surface area contributed by atoms with Crippen LogP contribution in [0.25, 0.3) is 0 Å². The second kappa shape index (κ2) is 13.0. The van der Waals surface area contributed by atoms with E-state index in [2.05, 4.69) is 4.52 Å². The Hall–Kier alpha value is -0.490.